The predicted molar refractivity (Wildman–Crippen MR) is 102 cm³/mol. The van der Waals surface area contributed by atoms with E-state index in [9.17, 15) is 9.59 Å². The first-order chi connectivity index (χ1) is 12.5. The van der Waals surface area contributed by atoms with Crippen molar-refractivity contribution in [2.45, 2.75) is 6.04 Å². The Morgan fingerprint density at radius 3 is 2.50 bits per heavy atom. The van der Waals surface area contributed by atoms with Crippen molar-refractivity contribution in [3.05, 3.63) is 40.6 Å². The Labute approximate surface area is 156 Å². The maximum absolute atomic E-state index is 12.2. The van der Waals surface area contributed by atoms with Gasteiger partial charge in [-0.2, -0.15) is 0 Å². The van der Waals surface area contributed by atoms with E-state index >= 15 is 0 Å². The van der Waals surface area contributed by atoms with E-state index in [0.717, 1.165) is 4.88 Å². The van der Waals surface area contributed by atoms with E-state index in [0.29, 0.717) is 23.7 Å². The van der Waals surface area contributed by atoms with Gasteiger partial charge in [0.1, 0.15) is 11.5 Å². The minimum Gasteiger partial charge on any atom is -0.497 e. The van der Waals surface area contributed by atoms with Gasteiger partial charge in [0.2, 0.25) is 0 Å². The SMILES string of the molecule is COc1ccc(OC)c(NC(=O)C(=O)NC[C@H](c2cccs2)N(C)C)c1. The Balaban J connectivity index is 2.00. The quantitative estimate of drug-likeness (QED) is 0.723. The number of hydrogen-bond donors (Lipinski definition) is 2. The van der Waals surface area contributed by atoms with Crippen LogP contribution in [0.4, 0.5) is 5.69 Å². The molecule has 0 aliphatic heterocycles. The summed E-state index contributed by atoms with van der Waals surface area (Å²) in [6, 6.07) is 8.92. The maximum Gasteiger partial charge on any atom is 0.313 e. The van der Waals surface area contributed by atoms with Crippen LogP contribution in [0.2, 0.25) is 0 Å². The van der Waals surface area contributed by atoms with Gasteiger partial charge in [-0.3, -0.25) is 9.59 Å². The number of hydrogen-bond acceptors (Lipinski definition) is 6. The molecule has 0 bridgehead atoms. The van der Waals surface area contributed by atoms with Crippen molar-refractivity contribution in [3.63, 3.8) is 0 Å². The van der Waals surface area contributed by atoms with Crippen LogP contribution in [0, 0.1) is 0 Å². The minimum absolute atomic E-state index is 0.00175. The van der Waals surface area contributed by atoms with Gasteiger partial charge in [-0.25, -0.2) is 0 Å². The molecule has 0 fully saturated rings. The van der Waals surface area contributed by atoms with Crippen LogP contribution in [0.15, 0.2) is 35.7 Å². The fourth-order valence-corrected chi connectivity index (χ4v) is 3.30. The molecule has 2 N–H and O–H groups in total. The monoisotopic (exact) mass is 377 g/mol. The van der Waals surface area contributed by atoms with E-state index in [1.165, 1.54) is 14.2 Å². The van der Waals surface area contributed by atoms with Gasteiger partial charge in [0.05, 0.1) is 25.9 Å². The van der Waals surface area contributed by atoms with Crippen molar-refractivity contribution in [3.8, 4) is 11.5 Å². The number of benzene rings is 1. The number of rotatable bonds is 7. The second kappa shape index (κ2) is 9.21. The van der Waals surface area contributed by atoms with Gasteiger partial charge in [-0.05, 0) is 37.7 Å². The fraction of sp³-hybridized carbons (Fsp3) is 0.333. The van der Waals surface area contributed by atoms with E-state index in [-0.39, 0.29) is 6.04 Å². The summed E-state index contributed by atoms with van der Waals surface area (Å²) >= 11 is 1.61. The van der Waals surface area contributed by atoms with Crippen LogP contribution in [0.5, 0.6) is 11.5 Å². The Hall–Kier alpha value is -2.58. The van der Waals surface area contributed by atoms with Crippen LogP contribution in [-0.4, -0.2) is 51.6 Å². The molecule has 1 aromatic carbocycles. The van der Waals surface area contributed by atoms with Gasteiger partial charge < -0.3 is 25.0 Å². The first-order valence-electron chi connectivity index (χ1n) is 7.97. The average molecular weight is 377 g/mol. The molecule has 140 valence electrons. The van der Waals surface area contributed by atoms with Crippen LogP contribution in [0.3, 0.4) is 0 Å². The van der Waals surface area contributed by atoms with E-state index in [1.807, 2.05) is 36.5 Å². The number of methoxy groups -OCH3 is 2. The van der Waals surface area contributed by atoms with Gasteiger partial charge in [0.15, 0.2) is 0 Å². The number of carbonyl (C=O) groups is 2. The van der Waals surface area contributed by atoms with Crippen LogP contribution in [-0.2, 0) is 9.59 Å². The second-order valence-electron chi connectivity index (χ2n) is 5.73. The number of anilines is 1. The summed E-state index contributed by atoms with van der Waals surface area (Å²) in [6.45, 7) is 0.328. The van der Waals surface area contributed by atoms with Gasteiger partial charge in [0.25, 0.3) is 0 Å². The Morgan fingerprint density at radius 1 is 1.15 bits per heavy atom. The van der Waals surface area contributed by atoms with Crippen molar-refractivity contribution >= 4 is 28.8 Å². The number of carbonyl (C=O) groups excluding carboxylic acids is 2. The standard InChI is InChI=1S/C18H23N3O4S/c1-21(2)14(16-6-5-9-26-16)11-19-17(22)18(23)20-13-10-12(24-3)7-8-15(13)25-4/h5-10,14H,11H2,1-4H3,(H,19,22)(H,20,23)/t14-/m1/s1. The third-order valence-electron chi connectivity index (χ3n) is 3.81. The number of ether oxygens (including phenoxy) is 2. The third-order valence-corrected chi connectivity index (χ3v) is 4.79. The van der Waals surface area contributed by atoms with Crippen molar-refractivity contribution in [1.82, 2.24) is 10.2 Å². The number of nitrogens with zero attached hydrogens (tertiary/aromatic N) is 1. The number of nitrogens with one attached hydrogen (secondary N) is 2. The zero-order valence-electron chi connectivity index (χ0n) is 15.2. The van der Waals surface area contributed by atoms with Gasteiger partial charge in [-0.1, -0.05) is 6.07 Å². The summed E-state index contributed by atoms with van der Waals surface area (Å²) in [5, 5.41) is 7.22. The highest BCUT2D eigenvalue weighted by molar-refractivity contribution is 7.10. The Kier molecular flexibility index (Phi) is 6.99. The highest BCUT2D eigenvalue weighted by Gasteiger charge is 2.20. The lowest BCUT2D eigenvalue weighted by Crippen LogP contribution is -2.40. The molecule has 1 heterocycles. The normalized spacial score (nSPS) is 11.7. The van der Waals surface area contributed by atoms with Crippen LogP contribution in [0.25, 0.3) is 0 Å². The molecular weight excluding hydrogens is 354 g/mol. The molecule has 2 rings (SSSR count). The molecule has 0 saturated carbocycles. The lowest BCUT2D eigenvalue weighted by Gasteiger charge is -2.23. The van der Waals surface area contributed by atoms with Crippen molar-refractivity contribution in [2.24, 2.45) is 0 Å². The minimum atomic E-state index is -0.764. The molecule has 0 spiro atoms. The lowest BCUT2D eigenvalue weighted by atomic mass is 10.2. The molecule has 2 aromatic rings. The zero-order valence-corrected chi connectivity index (χ0v) is 16.1. The summed E-state index contributed by atoms with van der Waals surface area (Å²) < 4.78 is 10.3. The molecule has 0 aliphatic carbocycles. The molecular formula is C18H23N3O4S. The molecule has 2 amide bonds. The van der Waals surface area contributed by atoms with Crippen molar-refractivity contribution in [1.29, 1.82) is 0 Å². The summed E-state index contributed by atoms with van der Waals surface area (Å²) in [4.78, 5) is 27.5. The number of likely N-dealkylation sites (N-methyl/N-ethyl adjacent to an activating group) is 1. The molecule has 1 atom stereocenters. The highest BCUT2D eigenvalue weighted by atomic mass is 32.1. The Bertz CT molecular complexity index is 747. The van der Waals surface area contributed by atoms with E-state index in [4.69, 9.17) is 9.47 Å². The van der Waals surface area contributed by atoms with Gasteiger partial charge >= 0.3 is 11.8 Å². The van der Waals surface area contributed by atoms with Crippen LogP contribution < -0.4 is 20.1 Å². The topological polar surface area (TPSA) is 79.9 Å². The van der Waals surface area contributed by atoms with Crippen LogP contribution in [0.1, 0.15) is 10.9 Å². The average Bonchev–Trinajstić information content (AvgIpc) is 3.15. The maximum atomic E-state index is 12.2. The number of thiophene rings is 1. The molecule has 26 heavy (non-hydrogen) atoms. The van der Waals surface area contributed by atoms with Crippen molar-refractivity contribution in [2.75, 3.05) is 40.2 Å². The smallest absolute Gasteiger partial charge is 0.313 e. The number of amides is 2. The second-order valence-corrected chi connectivity index (χ2v) is 6.70. The third kappa shape index (κ3) is 4.96. The van der Waals surface area contributed by atoms with E-state index in [1.54, 1.807) is 29.5 Å². The van der Waals surface area contributed by atoms with Crippen LogP contribution >= 0.6 is 11.3 Å². The van der Waals surface area contributed by atoms with E-state index in [2.05, 4.69) is 10.6 Å². The molecule has 0 saturated heterocycles. The lowest BCUT2D eigenvalue weighted by molar-refractivity contribution is -0.136. The summed E-state index contributed by atoms with van der Waals surface area (Å²) in [7, 11) is 6.86. The van der Waals surface area contributed by atoms with Gasteiger partial charge in [-0.15, -0.1) is 11.3 Å². The Morgan fingerprint density at radius 2 is 1.92 bits per heavy atom. The first-order valence-corrected chi connectivity index (χ1v) is 8.85. The first kappa shape index (κ1) is 19.7. The fourth-order valence-electron chi connectivity index (χ4n) is 2.38. The van der Waals surface area contributed by atoms with Crippen molar-refractivity contribution < 1.29 is 19.1 Å². The molecule has 7 nitrogen and oxygen atoms in total. The molecule has 0 radical (unpaired) electrons. The highest BCUT2D eigenvalue weighted by Crippen LogP contribution is 2.28. The summed E-state index contributed by atoms with van der Waals surface area (Å²) in [6.07, 6.45) is 0. The summed E-state index contributed by atoms with van der Waals surface area (Å²) in [5.74, 6) is -0.484. The van der Waals surface area contributed by atoms with Gasteiger partial charge in [0, 0.05) is 17.5 Å². The largest absolute Gasteiger partial charge is 0.497 e. The molecule has 1 aromatic heterocycles. The van der Waals surface area contributed by atoms with E-state index < -0.39 is 11.8 Å². The molecule has 0 aliphatic rings. The predicted octanol–water partition coefficient (Wildman–Crippen LogP) is 2.12. The molecule has 0 unspecified atom stereocenters. The summed E-state index contributed by atoms with van der Waals surface area (Å²) in [5.41, 5.74) is 0.370. The zero-order chi connectivity index (χ0) is 19.1. The molecule has 8 heteroatoms.